The topological polar surface area (TPSA) is 321 Å². The van der Waals surface area contributed by atoms with Crippen molar-refractivity contribution in [2.75, 3.05) is 30.0 Å². The van der Waals surface area contributed by atoms with E-state index >= 15 is 0 Å². The third-order valence-electron chi connectivity index (χ3n) is 13.5. The molecule has 0 bridgehead atoms. The highest BCUT2D eigenvalue weighted by Crippen LogP contribution is 2.25. The highest BCUT2D eigenvalue weighted by Gasteiger charge is 2.35. The van der Waals surface area contributed by atoms with Gasteiger partial charge in [0, 0.05) is 41.9 Å². The summed E-state index contributed by atoms with van der Waals surface area (Å²) >= 11 is 0. The van der Waals surface area contributed by atoms with Crippen LogP contribution in [0.4, 0.5) is 10.5 Å². The number of primary amides is 1. The number of Topliss-reactive ketones (excluding diaryl/α,β-unsaturated/α-hetero) is 1. The van der Waals surface area contributed by atoms with Crippen LogP contribution in [0.15, 0.2) is 107 Å². The molecule has 8 N–H and O–H groups in total. The van der Waals surface area contributed by atoms with Gasteiger partial charge < -0.3 is 47.1 Å². The lowest BCUT2D eigenvalue weighted by Gasteiger charge is -2.30. The first-order valence-corrected chi connectivity index (χ1v) is 31.5. The molecule has 85 heavy (non-hydrogen) atoms. The summed E-state index contributed by atoms with van der Waals surface area (Å²) in [6.45, 7) is 21.7. The Kier molecular flexibility index (Phi) is 25.1. The number of anilines is 1. The van der Waals surface area contributed by atoms with Crippen molar-refractivity contribution >= 4 is 72.7 Å². The van der Waals surface area contributed by atoms with Gasteiger partial charge in [0.1, 0.15) is 24.7 Å². The number of rotatable bonds is 30. The van der Waals surface area contributed by atoms with Crippen molar-refractivity contribution in [3.05, 3.63) is 125 Å². The molecule has 0 saturated carbocycles. The maximum Gasteiger partial charge on any atom is 0.312 e. The van der Waals surface area contributed by atoms with Gasteiger partial charge >= 0.3 is 12.0 Å². The Labute approximate surface area is 500 Å². The summed E-state index contributed by atoms with van der Waals surface area (Å²) in [7, 11) is -8.40. The molecule has 464 valence electrons. The SMILES string of the molecule is Cc1ccc(S(=O)(=O)CC(CS(=O)(=O)c2ccc(C)cc2)C(=O)c2ccc(C(=O)N[C@@H](CCC(=O)NC(C(=O)N[C@@H](CCCNC(N)=O)C(=O)Nc3ccc(COC(=O)C(C)(C)C)cc3)C(C)C)C(=O)NC(C)(C)CCOC(C)(C)C)cc2)cc1. The van der Waals surface area contributed by atoms with Gasteiger partial charge in [-0.15, -0.1) is 0 Å². The van der Waals surface area contributed by atoms with E-state index in [-0.39, 0.29) is 72.3 Å². The molecule has 0 aliphatic carbocycles. The monoisotopic (exact) mass is 1220 g/mol. The average molecular weight is 1220 g/mol. The predicted octanol–water partition coefficient (Wildman–Crippen LogP) is 6.83. The van der Waals surface area contributed by atoms with Gasteiger partial charge in [-0.25, -0.2) is 21.6 Å². The lowest BCUT2D eigenvalue weighted by molar-refractivity contribution is -0.154. The first-order valence-electron chi connectivity index (χ1n) is 28.2. The van der Waals surface area contributed by atoms with Gasteiger partial charge in [-0.05, 0) is 155 Å². The molecule has 21 nitrogen and oxygen atoms in total. The maximum absolute atomic E-state index is 14.3. The number of carbonyl (C=O) groups excluding carboxylic acids is 8. The van der Waals surface area contributed by atoms with E-state index in [2.05, 4.69) is 31.9 Å². The molecule has 0 aromatic heterocycles. The first kappa shape index (κ1) is 70.0. The van der Waals surface area contributed by atoms with E-state index in [1.54, 1.807) is 111 Å². The molecule has 7 amide bonds. The Morgan fingerprint density at radius 2 is 1.13 bits per heavy atom. The summed E-state index contributed by atoms with van der Waals surface area (Å²) in [5.41, 5.74) is 5.70. The third kappa shape index (κ3) is 23.5. The Bertz CT molecular complexity index is 3130. The van der Waals surface area contributed by atoms with E-state index in [9.17, 15) is 55.2 Å². The zero-order valence-corrected chi connectivity index (χ0v) is 52.4. The maximum atomic E-state index is 14.3. The fourth-order valence-electron chi connectivity index (χ4n) is 8.42. The Morgan fingerprint density at radius 1 is 0.612 bits per heavy atom. The standard InChI is InChI=1S/C62H85N7O14S2/c1-39(2)52(57(75)67-49(14-13-34-64-59(63)77)55(73)65-46-25-19-42(20-26-46)36-82-58(76)60(5,6)7)68-51(70)32-31-50(56(74)69-62(11,12)33-35-83-61(8,9)10)66-54(72)44-23-21-43(22-24-44)53(71)45(37-84(78,79)47-27-15-40(3)16-28-47)38-85(80,81)48-29-17-41(4)18-30-48/h15-30,39,45,49-50,52H,13-14,31-38H2,1-12H3,(H,65,73)(H,66,72)(H,67,75)(H,68,70)(H,69,74)(H3,63,64,77)/t49-,50-,52?/m0/s1. The number of hydrogen-bond donors (Lipinski definition) is 7. The molecule has 0 aliphatic rings. The number of ether oxygens (including phenoxy) is 2. The molecule has 3 atom stereocenters. The van der Waals surface area contributed by atoms with Gasteiger partial charge in [0.25, 0.3) is 5.91 Å². The van der Waals surface area contributed by atoms with E-state index in [1.165, 1.54) is 48.5 Å². The van der Waals surface area contributed by atoms with Crippen molar-refractivity contribution in [3.63, 3.8) is 0 Å². The van der Waals surface area contributed by atoms with E-state index in [0.717, 1.165) is 11.1 Å². The van der Waals surface area contributed by atoms with Crippen LogP contribution in [0.2, 0.25) is 0 Å². The van der Waals surface area contributed by atoms with Crippen LogP contribution in [0, 0.1) is 31.1 Å². The highest BCUT2D eigenvalue weighted by molar-refractivity contribution is 7.92. The summed E-state index contributed by atoms with van der Waals surface area (Å²) in [6, 6.07) is 19.0. The molecule has 4 aromatic carbocycles. The van der Waals surface area contributed by atoms with Crippen LogP contribution in [-0.2, 0) is 59.7 Å². The molecule has 0 spiro atoms. The minimum Gasteiger partial charge on any atom is -0.460 e. The van der Waals surface area contributed by atoms with Crippen molar-refractivity contribution < 1.29 is 64.7 Å². The molecule has 4 aromatic rings. The van der Waals surface area contributed by atoms with Gasteiger partial charge in [-0.3, -0.25) is 33.6 Å². The van der Waals surface area contributed by atoms with Crippen LogP contribution in [-0.4, -0.2) is 118 Å². The van der Waals surface area contributed by atoms with Gasteiger partial charge in [0.2, 0.25) is 23.6 Å². The van der Waals surface area contributed by atoms with Gasteiger partial charge in [-0.1, -0.05) is 73.5 Å². The van der Waals surface area contributed by atoms with Gasteiger partial charge in [0.15, 0.2) is 25.5 Å². The molecule has 4 rings (SSSR count). The number of nitrogens with one attached hydrogen (secondary N) is 6. The van der Waals surface area contributed by atoms with Crippen molar-refractivity contribution in [1.82, 2.24) is 26.6 Å². The molecule has 1 unspecified atom stereocenters. The summed E-state index contributed by atoms with van der Waals surface area (Å²) in [5.74, 6) is -8.38. The second-order valence-corrected chi connectivity index (χ2v) is 28.3. The molecule has 0 saturated heterocycles. The molecule has 0 aliphatic heterocycles. The fourth-order valence-corrected chi connectivity index (χ4v) is 11.7. The second kappa shape index (κ2) is 30.5. The first-order chi connectivity index (χ1) is 39.4. The van der Waals surface area contributed by atoms with Gasteiger partial charge in [0.05, 0.1) is 38.2 Å². The summed E-state index contributed by atoms with van der Waals surface area (Å²) < 4.78 is 66.3. The zero-order valence-electron chi connectivity index (χ0n) is 50.8. The summed E-state index contributed by atoms with van der Waals surface area (Å²) in [6.07, 6.45) is -0.0321. The minimum absolute atomic E-state index is 0.0116. The average Bonchev–Trinajstić information content (AvgIpc) is 2.70. The number of benzene rings is 4. The minimum atomic E-state index is -4.20. The van der Waals surface area contributed by atoms with E-state index < -0.39 is 119 Å². The summed E-state index contributed by atoms with van der Waals surface area (Å²) in [4.78, 5) is 108. The number of ketones is 1. The van der Waals surface area contributed by atoms with Crippen molar-refractivity contribution in [2.24, 2.45) is 23.0 Å². The Morgan fingerprint density at radius 3 is 1.62 bits per heavy atom. The van der Waals surface area contributed by atoms with Crippen LogP contribution >= 0.6 is 0 Å². The smallest absolute Gasteiger partial charge is 0.312 e. The number of aryl methyl sites for hydroxylation is 2. The van der Waals surface area contributed by atoms with Crippen LogP contribution < -0.4 is 37.6 Å². The highest BCUT2D eigenvalue weighted by atomic mass is 32.2. The number of nitrogens with two attached hydrogens (primary N) is 1. The van der Waals surface area contributed by atoms with Crippen molar-refractivity contribution in [2.45, 2.75) is 161 Å². The predicted molar refractivity (Wildman–Crippen MR) is 324 cm³/mol. The normalized spacial score (nSPS) is 13.2. The number of amides is 7. The molecule has 0 heterocycles. The zero-order chi connectivity index (χ0) is 63.7. The fraction of sp³-hybridized carbons (Fsp3) is 0.484. The largest absolute Gasteiger partial charge is 0.460 e. The molecule has 0 fully saturated rings. The van der Waals surface area contributed by atoms with Crippen LogP contribution in [0.25, 0.3) is 0 Å². The summed E-state index contributed by atoms with van der Waals surface area (Å²) in [5, 5.41) is 16.3. The molecule has 0 radical (unpaired) electrons. The molecule has 23 heteroatoms. The van der Waals surface area contributed by atoms with E-state index in [0.29, 0.717) is 17.7 Å². The quantitative estimate of drug-likeness (QED) is 0.0160. The number of carbonyl (C=O) groups is 8. The van der Waals surface area contributed by atoms with Gasteiger partial charge in [-0.2, -0.15) is 0 Å². The van der Waals surface area contributed by atoms with E-state index in [1.807, 2.05) is 20.8 Å². The van der Waals surface area contributed by atoms with Crippen LogP contribution in [0.3, 0.4) is 0 Å². The number of sulfone groups is 2. The number of hydrogen-bond acceptors (Lipinski definition) is 14. The van der Waals surface area contributed by atoms with Crippen LogP contribution in [0.1, 0.15) is 139 Å². The lowest BCUT2D eigenvalue weighted by Crippen LogP contribution is -2.55. The molecular formula is C62H85N7O14S2. The van der Waals surface area contributed by atoms with Crippen molar-refractivity contribution in [1.29, 1.82) is 0 Å². The van der Waals surface area contributed by atoms with E-state index in [4.69, 9.17) is 15.2 Å². The second-order valence-electron chi connectivity index (χ2n) is 24.3. The number of esters is 1. The van der Waals surface area contributed by atoms with Crippen molar-refractivity contribution in [3.8, 4) is 0 Å². The third-order valence-corrected chi connectivity index (χ3v) is 17.1. The van der Waals surface area contributed by atoms with Crippen LogP contribution in [0.5, 0.6) is 0 Å². The number of urea groups is 1. The Hall–Kier alpha value is -7.50. The molecular weight excluding hydrogens is 1130 g/mol. The lowest BCUT2D eigenvalue weighted by atomic mass is 9.97. The Balaban J connectivity index is 1.55.